The predicted octanol–water partition coefficient (Wildman–Crippen LogP) is 6.74. The van der Waals surface area contributed by atoms with Crippen LogP contribution in [0.4, 0.5) is 0 Å². The number of esters is 3. The first-order valence-electron chi connectivity index (χ1n) is 17.0. The molecule has 0 radical (unpaired) electrons. The topological polar surface area (TPSA) is 105 Å². The molecule has 6 rings (SSSR count). The highest BCUT2D eigenvalue weighted by Crippen LogP contribution is 2.72. The van der Waals surface area contributed by atoms with E-state index in [4.69, 9.17) is 18.9 Å². The van der Waals surface area contributed by atoms with Crippen LogP contribution in [0.1, 0.15) is 99.3 Å². The van der Waals surface area contributed by atoms with Gasteiger partial charge in [-0.1, -0.05) is 44.6 Å². The number of rotatable bonds is 3. The van der Waals surface area contributed by atoms with Gasteiger partial charge in [-0.3, -0.25) is 9.59 Å². The highest BCUT2D eigenvalue weighted by molar-refractivity contribution is 6.03. The van der Waals surface area contributed by atoms with Crippen molar-refractivity contribution in [3.05, 3.63) is 46.8 Å². The zero-order chi connectivity index (χ0) is 33.3. The molecule has 2 heterocycles. The summed E-state index contributed by atoms with van der Waals surface area (Å²) in [5.41, 5.74) is 2.00. The summed E-state index contributed by atoms with van der Waals surface area (Å²) in [5.74, 6) is -0.704. The van der Waals surface area contributed by atoms with Crippen LogP contribution >= 0.6 is 0 Å². The summed E-state index contributed by atoms with van der Waals surface area (Å²) < 4.78 is 23.9. The number of carbonyl (C=O) groups excluding carboxylic acids is 4. The Morgan fingerprint density at radius 3 is 2.43 bits per heavy atom. The van der Waals surface area contributed by atoms with E-state index >= 15 is 0 Å². The third-order valence-electron chi connectivity index (χ3n) is 12.3. The van der Waals surface area contributed by atoms with Crippen molar-refractivity contribution in [1.29, 1.82) is 0 Å². The standard InChI is InChI=1S/C38H50O8/c1-20(2)23-9-10-25-33(44-22(4)39)31(45-34(25)41)14-21(3)13-29(40)26-18-38(46-30(15-23)32(26)35(42)43-8)12-11-27-28(38)19-36(5,6)16-24-17-37(24,27)7/h10,13,23-24,26-28,31,33H,1,9,11-12,14-19H2,2-8H3/b21-13-,25-10+/t23-,24+,26+,27-,28+,31+,33-,37-,38-/m0/s1. The van der Waals surface area contributed by atoms with Crippen LogP contribution in [-0.2, 0) is 38.1 Å². The van der Waals surface area contributed by atoms with Gasteiger partial charge in [0.1, 0.15) is 17.5 Å². The van der Waals surface area contributed by atoms with Crippen molar-refractivity contribution in [3.63, 3.8) is 0 Å². The molecule has 2 aliphatic heterocycles. The van der Waals surface area contributed by atoms with Crippen molar-refractivity contribution in [1.82, 2.24) is 0 Å². The Kier molecular flexibility index (Phi) is 8.20. The second kappa shape index (κ2) is 11.5. The Morgan fingerprint density at radius 2 is 1.76 bits per heavy atom. The first-order chi connectivity index (χ1) is 21.6. The van der Waals surface area contributed by atoms with Crippen LogP contribution in [0.2, 0.25) is 0 Å². The number of methoxy groups -OCH3 is 1. The summed E-state index contributed by atoms with van der Waals surface area (Å²) in [6.07, 6.45) is 8.48. The van der Waals surface area contributed by atoms with Gasteiger partial charge >= 0.3 is 17.9 Å². The van der Waals surface area contributed by atoms with Crippen molar-refractivity contribution in [3.8, 4) is 0 Å². The number of fused-ring (bicyclic) bond motifs is 7. The van der Waals surface area contributed by atoms with Gasteiger partial charge < -0.3 is 18.9 Å². The van der Waals surface area contributed by atoms with Crippen molar-refractivity contribution < 1.29 is 38.1 Å². The molecule has 4 bridgehead atoms. The third-order valence-corrected chi connectivity index (χ3v) is 12.3. The first-order valence-corrected chi connectivity index (χ1v) is 17.0. The minimum atomic E-state index is -0.873. The Balaban J connectivity index is 1.47. The summed E-state index contributed by atoms with van der Waals surface area (Å²) >= 11 is 0. The largest absolute Gasteiger partial charge is 0.491 e. The normalized spacial score (nSPS) is 42.1. The molecule has 46 heavy (non-hydrogen) atoms. The SMILES string of the molecule is C=C(C)[C@H]1C/C=C2/C(=O)O[C@H](C/C(C)=C\C(=O)[C@H]3C[C@]4(CC[C@H]5[C@H]4CC(C)(C)C[C@@H]4C[C@@]45C)OC(=C3C(=O)OC)C1)[C@H]2OC(C)=O. The van der Waals surface area contributed by atoms with Crippen LogP contribution in [0.3, 0.4) is 0 Å². The van der Waals surface area contributed by atoms with Gasteiger partial charge in [0.15, 0.2) is 11.9 Å². The maximum absolute atomic E-state index is 14.4. The van der Waals surface area contributed by atoms with Crippen molar-refractivity contribution in [2.45, 2.75) is 117 Å². The summed E-state index contributed by atoms with van der Waals surface area (Å²) in [7, 11) is 1.35. The Hall–Kier alpha value is -3.16. The van der Waals surface area contributed by atoms with Crippen LogP contribution in [-0.4, -0.2) is 48.6 Å². The molecule has 0 N–H and O–H groups in total. The molecule has 8 heteroatoms. The van der Waals surface area contributed by atoms with E-state index in [-0.39, 0.29) is 35.0 Å². The number of hydrogen-bond donors (Lipinski definition) is 0. The zero-order valence-electron chi connectivity index (χ0n) is 28.5. The molecule has 4 aliphatic carbocycles. The van der Waals surface area contributed by atoms with E-state index in [2.05, 4.69) is 27.4 Å². The zero-order valence-corrected chi connectivity index (χ0v) is 28.5. The summed E-state index contributed by atoms with van der Waals surface area (Å²) in [6.45, 7) is 16.5. The van der Waals surface area contributed by atoms with Crippen molar-refractivity contribution in [2.75, 3.05) is 7.11 Å². The quantitative estimate of drug-likeness (QED) is 0.191. The molecular formula is C38H50O8. The third kappa shape index (κ3) is 5.68. The Labute approximate surface area is 273 Å². The highest BCUT2D eigenvalue weighted by atomic mass is 16.6. The van der Waals surface area contributed by atoms with Crippen LogP contribution in [0.25, 0.3) is 0 Å². The van der Waals surface area contributed by atoms with Gasteiger partial charge in [0.2, 0.25) is 0 Å². The van der Waals surface area contributed by atoms with Crippen LogP contribution in [0.15, 0.2) is 46.8 Å². The van der Waals surface area contributed by atoms with Crippen LogP contribution in [0, 0.1) is 40.4 Å². The summed E-state index contributed by atoms with van der Waals surface area (Å²) in [4.78, 5) is 53.1. The molecule has 8 nitrogen and oxygen atoms in total. The van der Waals surface area contributed by atoms with Gasteiger partial charge in [0, 0.05) is 32.1 Å². The molecule has 6 aliphatic rings. The Bertz CT molecular complexity index is 1460. The second-order valence-electron chi connectivity index (χ2n) is 16.2. The fourth-order valence-corrected chi connectivity index (χ4v) is 9.89. The summed E-state index contributed by atoms with van der Waals surface area (Å²) in [5, 5.41) is 0. The van der Waals surface area contributed by atoms with E-state index in [1.165, 1.54) is 26.9 Å². The minimum absolute atomic E-state index is 0.152. The smallest absolute Gasteiger partial charge is 0.338 e. The monoisotopic (exact) mass is 634 g/mol. The molecule has 9 atom stereocenters. The number of ether oxygens (including phenoxy) is 4. The minimum Gasteiger partial charge on any atom is -0.491 e. The molecule has 0 aromatic carbocycles. The van der Waals surface area contributed by atoms with E-state index in [0.717, 1.165) is 30.8 Å². The molecule has 3 saturated carbocycles. The Morgan fingerprint density at radius 1 is 1.02 bits per heavy atom. The van der Waals surface area contributed by atoms with E-state index in [1.54, 1.807) is 12.2 Å². The lowest BCUT2D eigenvalue weighted by Crippen LogP contribution is -2.48. The number of hydrogen-bond acceptors (Lipinski definition) is 8. The van der Waals surface area contributed by atoms with Gasteiger partial charge in [0.05, 0.1) is 24.2 Å². The van der Waals surface area contributed by atoms with E-state index in [9.17, 15) is 19.2 Å². The first kappa shape index (κ1) is 32.8. The van der Waals surface area contributed by atoms with E-state index in [1.807, 2.05) is 13.8 Å². The van der Waals surface area contributed by atoms with Gasteiger partial charge in [-0.2, -0.15) is 0 Å². The molecular weight excluding hydrogens is 584 g/mol. The lowest BCUT2D eigenvalue weighted by Gasteiger charge is -2.47. The molecule has 0 amide bonds. The highest BCUT2D eigenvalue weighted by Gasteiger charge is 2.67. The molecule has 0 unspecified atom stereocenters. The average molecular weight is 635 g/mol. The number of allylic oxidation sites excluding steroid dienone is 4. The molecule has 1 spiro atoms. The van der Waals surface area contributed by atoms with Gasteiger partial charge in [-0.15, -0.1) is 0 Å². The average Bonchev–Trinajstić information content (AvgIpc) is 3.37. The fraction of sp³-hybridized carbons (Fsp3) is 0.684. The molecule has 0 aromatic heterocycles. The number of ketones is 1. The summed E-state index contributed by atoms with van der Waals surface area (Å²) in [6, 6.07) is 0. The van der Waals surface area contributed by atoms with Crippen LogP contribution in [0.5, 0.6) is 0 Å². The molecule has 0 aromatic rings. The maximum atomic E-state index is 14.4. The van der Waals surface area contributed by atoms with Gasteiger partial charge in [0.25, 0.3) is 0 Å². The predicted molar refractivity (Wildman–Crippen MR) is 171 cm³/mol. The van der Waals surface area contributed by atoms with E-state index < -0.39 is 41.6 Å². The van der Waals surface area contributed by atoms with Gasteiger partial charge in [-0.25, -0.2) is 9.59 Å². The van der Waals surface area contributed by atoms with Gasteiger partial charge in [-0.05, 0) is 87.0 Å². The number of carbonyl (C=O) groups is 4. The van der Waals surface area contributed by atoms with Crippen molar-refractivity contribution in [2.24, 2.45) is 40.4 Å². The second-order valence-corrected chi connectivity index (χ2v) is 16.2. The molecule has 1 saturated heterocycles. The molecule has 4 fully saturated rings. The lowest BCUT2D eigenvalue weighted by atomic mass is 9.67. The van der Waals surface area contributed by atoms with Crippen molar-refractivity contribution >= 4 is 23.7 Å². The van der Waals surface area contributed by atoms with Crippen LogP contribution < -0.4 is 0 Å². The van der Waals surface area contributed by atoms with E-state index in [0.29, 0.717) is 47.5 Å². The fourth-order valence-electron chi connectivity index (χ4n) is 9.89. The molecule has 250 valence electrons. The maximum Gasteiger partial charge on any atom is 0.338 e. The lowest BCUT2D eigenvalue weighted by molar-refractivity contribution is -0.150.